The van der Waals surface area contributed by atoms with Gasteiger partial charge in [-0.25, -0.2) is 4.79 Å². The molecule has 4 nitrogen and oxygen atoms in total. The van der Waals surface area contributed by atoms with Gasteiger partial charge in [0, 0.05) is 5.57 Å². The quantitative estimate of drug-likeness (QED) is 0.500. The van der Waals surface area contributed by atoms with Gasteiger partial charge in [-0.05, 0) is 20.3 Å². The normalized spacial score (nSPS) is 11.0. The number of hydrogen-bond donors (Lipinski definition) is 0. The molecule has 0 aliphatic carbocycles. The minimum Gasteiger partial charge on any atom is -0.466 e. The third-order valence-corrected chi connectivity index (χ3v) is 1.63. The van der Waals surface area contributed by atoms with Crippen LogP contribution in [0.25, 0.3) is 0 Å². The lowest BCUT2D eigenvalue weighted by Gasteiger charge is -2.06. The first-order chi connectivity index (χ1) is 7.15. The maximum absolute atomic E-state index is 11.4. The van der Waals surface area contributed by atoms with E-state index >= 15 is 0 Å². The molecule has 0 spiro atoms. The van der Waals surface area contributed by atoms with Gasteiger partial charge in [-0.2, -0.15) is 0 Å². The van der Waals surface area contributed by atoms with Crippen molar-refractivity contribution in [2.45, 2.75) is 33.6 Å². The maximum Gasteiger partial charge on any atom is 0.334 e. The summed E-state index contributed by atoms with van der Waals surface area (Å²) < 4.78 is 9.58. The minimum absolute atomic E-state index is 0.0134. The van der Waals surface area contributed by atoms with E-state index in [0.29, 0.717) is 25.2 Å². The zero-order chi connectivity index (χ0) is 11.7. The highest BCUT2D eigenvalue weighted by atomic mass is 16.5. The van der Waals surface area contributed by atoms with Gasteiger partial charge in [0.2, 0.25) is 0 Å². The average Bonchev–Trinajstić information content (AvgIpc) is 2.18. The summed E-state index contributed by atoms with van der Waals surface area (Å²) in [6.45, 7) is 5.98. The molecule has 0 aliphatic rings. The molecule has 0 saturated heterocycles. The molecule has 0 unspecified atom stereocenters. The molecule has 15 heavy (non-hydrogen) atoms. The summed E-state index contributed by atoms with van der Waals surface area (Å²) in [6, 6.07) is 0. The lowest BCUT2D eigenvalue weighted by molar-refractivity contribution is -0.145. The predicted molar refractivity (Wildman–Crippen MR) is 56.3 cm³/mol. The number of carbonyl (C=O) groups is 2. The number of carbonyl (C=O) groups excluding carboxylic acids is 2. The predicted octanol–water partition coefficient (Wildman–Crippen LogP) is 1.84. The van der Waals surface area contributed by atoms with Crippen molar-refractivity contribution in [2.24, 2.45) is 0 Å². The molecule has 0 fully saturated rings. The lowest BCUT2D eigenvalue weighted by atomic mass is 10.1. The smallest absolute Gasteiger partial charge is 0.334 e. The van der Waals surface area contributed by atoms with E-state index < -0.39 is 11.9 Å². The van der Waals surface area contributed by atoms with Gasteiger partial charge in [0.1, 0.15) is 0 Å². The number of ether oxygens (including phenoxy) is 2. The molecule has 0 rings (SSSR count). The zero-order valence-electron chi connectivity index (χ0n) is 9.54. The highest BCUT2D eigenvalue weighted by Gasteiger charge is 2.14. The van der Waals surface area contributed by atoms with Crippen molar-refractivity contribution in [3.05, 3.63) is 11.6 Å². The fraction of sp³-hybridized carbons (Fsp3) is 0.636. The summed E-state index contributed by atoms with van der Waals surface area (Å²) in [6.07, 6.45) is 2.36. The monoisotopic (exact) mass is 214 g/mol. The molecule has 0 heterocycles. The van der Waals surface area contributed by atoms with Crippen molar-refractivity contribution in [2.75, 3.05) is 13.2 Å². The topological polar surface area (TPSA) is 52.6 Å². The minimum atomic E-state index is -0.438. The Morgan fingerprint density at radius 3 is 2.13 bits per heavy atom. The lowest BCUT2D eigenvalue weighted by Crippen LogP contribution is -2.13. The Morgan fingerprint density at radius 1 is 1.07 bits per heavy atom. The number of hydrogen-bond acceptors (Lipinski definition) is 4. The molecule has 0 N–H and O–H groups in total. The summed E-state index contributed by atoms with van der Waals surface area (Å²) in [4.78, 5) is 22.5. The van der Waals surface area contributed by atoms with Gasteiger partial charge in [0.25, 0.3) is 0 Å². The first-order valence-electron chi connectivity index (χ1n) is 5.17. The molecule has 0 aliphatic heterocycles. The molecule has 0 amide bonds. The van der Waals surface area contributed by atoms with Crippen LogP contribution in [0.2, 0.25) is 0 Å². The molecule has 4 heteroatoms. The molecular weight excluding hydrogens is 196 g/mol. The Bertz CT molecular complexity index is 243. The largest absolute Gasteiger partial charge is 0.466 e. The van der Waals surface area contributed by atoms with Crippen LogP contribution in [0.15, 0.2) is 11.6 Å². The van der Waals surface area contributed by atoms with E-state index in [0.717, 1.165) is 0 Å². The molecule has 0 atom stereocenters. The Labute approximate surface area is 90.2 Å². The van der Waals surface area contributed by atoms with E-state index in [4.69, 9.17) is 9.47 Å². The van der Waals surface area contributed by atoms with Gasteiger partial charge in [-0.3, -0.25) is 4.79 Å². The highest BCUT2D eigenvalue weighted by Crippen LogP contribution is 2.07. The maximum atomic E-state index is 11.4. The second-order valence-corrected chi connectivity index (χ2v) is 2.84. The molecule has 0 bridgehead atoms. The summed E-state index contributed by atoms with van der Waals surface area (Å²) in [5.74, 6) is -0.836. The third-order valence-electron chi connectivity index (χ3n) is 1.63. The fourth-order valence-corrected chi connectivity index (χ4v) is 1.07. The van der Waals surface area contributed by atoms with Crippen LogP contribution in [0.4, 0.5) is 0 Å². The summed E-state index contributed by atoms with van der Waals surface area (Å²) in [5.41, 5.74) is 0.373. The molecular formula is C11H18O4. The molecule has 0 aromatic rings. The number of esters is 2. The van der Waals surface area contributed by atoms with Crippen LogP contribution in [0, 0.1) is 0 Å². The van der Waals surface area contributed by atoms with E-state index in [1.54, 1.807) is 19.9 Å². The van der Waals surface area contributed by atoms with E-state index in [-0.39, 0.29) is 6.42 Å². The van der Waals surface area contributed by atoms with E-state index in [1.807, 2.05) is 6.92 Å². The second-order valence-electron chi connectivity index (χ2n) is 2.84. The van der Waals surface area contributed by atoms with Crippen LogP contribution in [0.3, 0.4) is 0 Å². The average molecular weight is 214 g/mol. The van der Waals surface area contributed by atoms with Gasteiger partial charge < -0.3 is 9.47 Å². The van der Waals surface area contributed by atoms with Gasteiger partial charge in [-0.1, -0.05) is 13.0 Å². The van der Waals surface area contributed by atoms with Crippen molar-refractivity contribution >= 4 is 11.9 Å². The van der Waals surface area contributed by atoms with E-state index in [1.165, 1.54) is 0 Å². The van der Waals surface area contributed by atoms with Crippen LogP contribution in [0.5, 0.6) is 0 Å². The van der Waals surface area contributed by atoms with Crippen LogP contribution in [-0.2, 0) is 19.1 Å². The van der Waals surface area contributed by atoms with Crippen LogP contribution in [0.1, 0.15) is 33.6 Å². The SMILES string of the molecule is CC/C=C(\CC(=O)OCC)C(=O)OCC. The number of allylic oxidation sites excluding steroid dienone is 1. The molecule has 0 radical (unpaired) electrons. The van der Waals surface area contributed by atoms with E-state index in [2.05, 4.69) is 0 Å². The van der Waals surface area contributed by atoms with Crippen molar-refractivity contribution in [1.29, 1.82) is 0 Å². The second kappa shape index (κ2) is 8.03. The molecule has 0 aromatic carbocycles. The van der Waals surface area contributed by atoms with Crippen molar-refractivity contribution in [3.63, 3.8) is 0 Å². The third kappa shape index (κ3) is 5.88. The Hall–Kier alpha value is -1.32. The van der Waals surface area contributed by atoms with Crippen LogP contribution < -0.4 is 0 Å². The van der Waals surface area contributed by atoms with Gasteiger partial charge in [-0.15, -0.1) is 0 Å². The van der Waals surface area contributed by atoms with Crippen LogP contribution in [-0.4, -0.2) is 25.2 Å². The highest BCUT2D eigenvalue weighted by molar-refractivity contribution is 5.93. The first kappa shape index (κ1) is 13.7. The zero-order valence-corrected chi connectivity index (χ0v) is 9.54. The van der Waals surface area contributed by atoms with Crippen molar-refractivity contribution in [1.82, 2.24) is 0 Å². The van der Waals surface area contributed by atoms with E-state index in [9.17, 15) is 9.59 Å². The van der Waals surface area contributed by atoms with Gasteiger partial charge in [0.05, 0.1) is 19.6 Å². The number of rotatable bonds is 6. The summed E-state index contributed by atoms with van der Waals surface area (Å²) in [7, 11) is 0. The van der Waals surface area contributed by atoms with Crippen molar-refractivity contribution in [3.8, 4) is 0 Å². The Kier molecular flexibility index (Phi) is 7.32. The Morgan fingerprint density at radius 2 is 1.67 bits per heavy atom. The van der Waals surface area contributed by atoms with Gasteiger partial charge >= 0.3 is 11.9 Å². The summed E-state index contributed by atoms with van der Waals surface area (Å²) >= 11 is 0. The Balaban J connectivity index is 4.34. The molecule has 0 saturated carbocycles. The van der Waals surface area contributed by atoms with Gasteiger partial charge in [0.15, 0.2) is 0 Å². The van der Waals surface area contributed by atoms with Crippen LogP contribution >= 0.6 is 0 Å². The summed E-state index contributed by atoms with van der Waals surface area (Å²) in [5, 5.41) is 0. The standard InChI is InChI=1S/C11H18O4/c1-4-7-9(11(13)15-6-3)8-10(12)14-5-2/h7H,4-6,8H2,1-3H3/b9-7+. The molecule has 86 valence electrons. The molecule has 0 aromatic heterocycles. The van der Waals surface area contributed by atoms with Crippen molar-refractivity contribution < 1.29 is 19.1 Å². The first-order valence-corrected chi connectivity index (χ1v) is 5.17. The fourth-order valence-electron chi connectivity index (χ4n) is 1.07.